The van der Waals surface area contributed by atoms with Crippen LogP contribution in [0.15, 0.2) is 27.8 Å². The molecule has 108 valence electrons. The average molecular weight is 359 g/mol. The van der Waals surface area contributed by atoms with Crippen molar-refractivity contribution in [1.29, 1.82) is 0 Å². The molecule has 0 aliphatic carbocycles. The van der Waals surface area contributed by atoms with Gasteiger partial charge in [0, 0.05) is 16.1 Å². The minimum Gasteiger partial charge on any atom is -0.294 e. The second-order valence-electron chi connectivity index (χ2n) is 4.78. The second kappa shape index (κ2) is 5.27. The van der Waals surface area contributed by atoms with E-state index in [0.717, 1.165) is 15.6 Å². The average Bonchev–Trinajstić information content (AvgIpc) is 2.77. The predicted octanol–water partition coefficient (Wildman–Crippen LogP) is 2.24. The number of sulfonamides is 1. The second-order valence-corrected chi connectivity index (χ2v) is 7.09. The third-order valence-electron chi connectivity index (χ3n) is 2.85. The zero-order valence-corrected chi connectivity index (χ0v) is 13.7. The summed E-state index contributed by atoms with van der Waals surface area (Å²) in [5.74, 6) is 0.486. The van der Waals surface area contributed by atoms with Crippen LogP contribution >= 0.6 is 15.9 Å². The molecule has 2 rings (SSSR count). The molecule has 6 nitrogen and oxygen atoms in total. The summed E-state index contributed by atoms with van der Waals surface area (Å²) in [6.45, 7) is 5.66. The normalized spacial score (nSPS) is 12.1. The van der Waals surface area contributed by atoms with Crippen molar-refractivity contribution >= 4 is 26.0 Å². The Kier molecular flexibility index (Phi) is 3.99. The number of halogens is 1. The molecule has 0 radical (unpaired) electrons. The fourth-order valence-corrected chi connectivity index (χ4v) is 2.89. The van der Waals surface area contributed by atoms with E-state index < -0.39 is 10.0 Å². The molecule has 2 aromatic rings. The number of hydrogen-bond acceptors (Lipinski definition) is 4. The van der Waals surface area contributed by atoms with E-state index >= 15 is 0 Å². The SMILES string of the molecule is Cc1cc(-c2nnc(S(N)(=O)=O)n2C(C)C)ccc1Br. The molecule has 0 unspecified atom stereocenters. The quantitative estimate of drug-likeness (QED) is 0.910. The summed E-state index contributed by atoms with van der Waals surface area (Å²) in [5, 5.41) is 12.7. The number of aryl methyl sites for hydroxylation is 1. The van der Waals surface area contributed by atoms with Gasteiger partial charge in [-0.25, -0.2) is 13.6 Å². The van der Waals surface area contributed by atoms with Gasteiger partial charge in [-0.1, -0.05) is 22.0 Å². The van der Waals surface area contributed by atoms with Crippen LogP contribution in [0.5, 0.6) is 0 Å². The lowest BCUT2D eigenvalue weighted by Gasteiger charge is -2.13. The van der Waals surface area contributed by atoms with E-state index in [-0.39, 0.29) is 11.2 Å². The van der Waals surface area contributed by atoms with Gasteiger partial charge in [0.1, 0.15) is 0 Å². The Morgan fingerprint density at radius 2 is 1.95 bits per heavy atom. The minimum atomic E-state index is -3.90. The predicted molar refractivity (Wildman–Crippen MR) is 79.7 cm³/mol. The van der Waals surface area contributed by atoms with Crippen LogP contribution in [-0.4, -0.2) is 23.2 Å². The van der Waals surface area contributed by atoms with Crippen molar-refractivity contribution in [2.75, 3.05) is 0 Å². The molecular weight excluding hydrogens is 344 g/mol. The lowest BCUT2D eigenvalue weighted by molar-refractivity contribution is 0.524. The third kappa shape index (κ3) is 2.77. The van der Waals surface area contributed by atoms with Crippen molar-refractivity contribution in [2.45, 2.75) is 32.0 Å². The number of nitrogens with two attached hydrogens (primary N) is 1. The van der Waals surface area contributed by atoms with Crippen LogP contribution < -0.4 is 5.14 Å². The van der Waals surface area contributed by atoms with E-state index in [0.29, 0.717) is 5.82 Å². The van der Waals surface area contributed by atoms with Crippen molar-refractivity contribution in [2.24, 2.45) is 5.14 Å². The topological polar surface area (TPSA) is 90.9 Å². The zero-order chi connectivity index (χ0) is 15.1. The molecule has 20 heavy (non-hydrogen) atoms. The van der Waals surface area contributed by atoms with Gasteiger partial charge in [-0.2, -0.15) is 0 Å². The summed E-state index contributed by atoms with van der Waals surface area (Å²) in [7, 11) is -3.90. The number of rotatable bonds is 3. The number of aromatic nitrogens is 3. The molecule has 0 spiro atoms. The lowest BCUT2D eigenvalue weighted by Crippen LogP contribution is -2.20. The molecule has 0 bridgehead atoms. The lowest BCUT2D eigenvalue weighted by atomic mass is 10.1. The Morgan fingerprint density at radius 3 is 2.45 bits per heavy atom. The summed E-state index contributed by atoms with van der Waals surface area (Å²) in [4.78, 5) is 0. The molecule has 0 aliphatic heterocycles. The highest BCUT2D eigenvalue weighted by Crippen LogP contribution is 2.27. The van der Waals surface area contributed by atoms with Crippen LogP contribution in [0, 0.1) is 6.92 Å². The first-order valence-corrected chi connectivity index (χ1v) is 8.30. The molecular formula is C12H15BrN4O2S. The molecule has 0 saturated heterocycles. The van der Waals surface area contributed by atoms with Gasteiger partial charge in [0.15, 0.2) is 5.82 Å². The van der Waals surface area contributed by atoms with Crippen LogP contribution in [0.2, 0.25) is 0 Å². The standard InChI is InChI=1S/C12H15BrN4O2S/c1-7(2)17-11(15-16-12(17)20(14,18)19)9-4-5-10(13)8(3)6-9/h4-7H,1-3H3,(H2,14,18,19). The van der Waals surface area contributed by atoms with Gasteiger partial charge < -0.3 is 0 Å². The van der Waals surface area contributed by atoms with E-state index in [1.165, 1.54) is 4.57 Å². The zero-order valence-electron chi connectivity index (χ0n) is 11.3. The Morgan fingerprint density at radius 1 is 1.30 bits per heavy atom. The van der Waals surface area contributed by atoms with Gasteiger partial charge in [0.25, 0.3) is 15.2 Å². The summed E-state index contributed by atoms with van der Waals surface area (Å²) in [6.07, 6.45) is 0. The van der Waals surface area contributed by atoms with Gasteiger partial charge in [-0.15, -0.1) is 10.2 Å². The Balaban J connectivity index is 2.69. The van der Waals surface area contributed by atoms with Gasteiger partial charge in [-0.3, -0.25) is 4.57 Å². The molecule has 0 atom stereocenters. The van der Waals surface area contributed by atoms with E-state index in [4.69, 9.17) is 5.14 Å². The summed E-state index contributed by atoms with van der Waals surface area (Å²) >= 11 is 3.43. The van der Waals surface area contributed by atoms with Gasteiger partial charge >= 0.3 is 0 Å². The van der Waals surface area contributed by atoms with Gasteiger partial charge in [0.05, 0.1) is 0 Å². The maximum atomic E-state index is 11.6. The van der Waals surface area contributed by atoms with Crippen molar-refractivity contribution < 1.29 is 8.42 Å². The fourth-order valence-electron chi connectivity index (χ4n) is 1.92. The molecule has 1 heterocycles. The molecule has 8 heteroatoms. The van der Waals surface area contributed by atoms with Gasteiger partial charge in [-0.05, 0) is 38.5 Å². The molecule has 0 aliphatic rings. The van der Waals surface area contributed by atoms with E-state index in [2.05, 4.69) is 26.1 Å². The van der Waals surface area contributed by atoms with Crippen LogP contribution in [-0.2, 0) is 10.0 Å². The van der Waals surface area contributed by atoms with E-state index in [9.17, 15) is 8.42 Å². The van der Waals surface area contributed by atoms with E-state index in [1.54, 1.807) is 0 Å². The fraction of sp³-hybridized carbons (Fsp3) is 0.333. The van der Waals surface area contributed by atoms with Crippen molar-refractivity contribution in [3.63, 3.8) is 0 Å². The van der Waals surface area contributed by atoms with Crippen LogP contribution in [0.25, 0.3) is 11.4 Å². The van der Waals surface area contributed by atoms with Gasteiger partial charge in [0.2, 0.25) is 0 Å². The highest BCUT2D eigenvalue weighted by atomic mass is 79.9. The molecule has 0 fully saturated rings. The smallest absolute Gasteiger partial charge is 0.273 e. The first kappa shape index (κ1) is 15.1. The highest BCUT2D eigenvalue weighted by Gasteiger charge is 2.23. The maximum Gasteiger partial charge on any atom is 0.273 e. The number of primary sulfonamides is 1. The molecule has 1 aromatic carbocycles. The first-order chi connectivity index (χ1) is 9.21. The number of benzene rings is 1. The summed E-state index contributed by atoms with van der Waals surface area (Å²) < 4.78 is 25.6. The van der Waals surface area contributed by atoms with Crippen LogP contribution in [0.1, 0.15) is 25.5 Å². The largest absolute Gasteiger partial charge is 0.294 e. The van der Waals surface area contributed by atoms with Crippen molar-refractivity contribution in [3.8, 4) is 11.4 Å². The van der Waals surface area contributed by atoms with Crippen LogP contribution in [0.4, 0.5) is 0 Å². The van der Waals surface area contributed by atoms with Crippen LogP contribution in [0.3, 0.4) is 0 Å². The molecule has 2 N–H and O–H groups in total. The van der Waals surface area contributed by atoms with Crippen molar-refractivity contribution in [3.05, 3.63) is 28.2 Å². The first-order valence-electron chi connectivity index (χ1n) is 5.96. The Labute approximate surface area is 126 Å². The Hall–Kier alpha value is -1.25. The molecule has 0 saturated carbocycles. The summed E-state index contributed by atoms with van der Waals surface area (Å²) in [5.41, 5.74) is 1.82. The number of hydrogen-bond donors (Lipinski definition) is 1. The third-order valence-corrected chi connectivity index (χ3v) is 4.53. The summed E-state index contributed by atoms with van der Waals surface area (Å²) in [6, 6.07) is 5.53. The van der Waals surface area contributed by atoms with Crippen molar-refractivity contribution in [1.82, 2.24) is 14.8 Å². The number of nitrogens with zero attached hydrogens (tertiary/aromatic N) is 3. The maximum absolute atomic E-state index is 11.6. The van der Waals surface area contributed by atoms with E-state index in [1.807, 2.05) is 39.0 Å². The minimum absolute atomic E-state index is 0.128. The molecule has 1 aromatic heterocycles. The molecule has 0 amide bonds. The Bertz CT molecular complexity index is 753. The monoisotopic (exact) mass is 358 g/mol. The highest BCUT2D eigenvalue weighted by molar-refractivity contribution is 9.10.